The van der Waals surface area contributed by atoms with Crippen molar-refractivity contribution in [3.8, 4) is 0 Å². The first-order valence-corrected chi connectivity index (χ1v) is 6.29. The van der Waals surface area contributed by atoms with Crippen LogP contribution in [0.15, 0.2) is 0 Å². The standard InChI is InChI=1S/C9H19N3OS/c1-7(14-2)5-11-9(13)12-8-3-4-10-6-8/h7-8,10H,3-6H2,1-2H3,(H2,11,12,13). The van der Waals surface area contributed by atoms with Crippen molar-refractivity contribution in [1.29, 1.82) is 0 Å². The molecule has 0 radical (unpaired) electrons. The summed E-state index contributed by atoms with van der Waals surface area (Å²) in [4.78, 5) is 11.4. The maximum Gasteiger partial charge on any atom is 0.315 e. The molecule has 0 aromatic carbocycles. The summed E-state index contributed by atoms with van der Waals surface area (Å²) in [5.41, 5.74) is 0. The number of hydrogen-bond acceptors (Lipinski definition) is 3. The fraction of sp³-hybridized carbons (Fsp3) is 0.889. The third-order valence-corrected chi connectivity index (χ3v) is 3.32. The zero-order valence-corrected chi connectivity index (χ0v) is 9.62. The number of thioether (sulfide) groups is 1. The van der Waals surface area contributed by atoms with Crippen LogP contribution in [-0.4, -0.2) is 43.2 Å². The second-order valence-corrected chi connectivity index (χ2v) is 4.87. The van der Waals surface area contributed by atoms with E-state index in [-0.39, 0.29) is 6.03 Å². The van der Waals surface area contributed by atoms with E-state index in [0.29, 0.717) is 11.3 Å². The molecule has 1 fully saturated rings. The molecule has 14 heavy (non-hydrogen) atoms. The minimum Gasteiger partial charge on any atom is -0.337 e. The Balaban J connectivity index is 2.09. The van der Waals surface area contributed by atoms with Crippen molar-refractivity contribution in [3.05, 3.63) is 0 Å². The van der Waals surface area contributed by atoms with E-state index in [2.05, 4.69) is 22.9 Å². The van der Waals surface area contributed by atoms with E-state index in [9.17, 15) is 4.79 Å². The Morgan fingerprint density at radius 3 is 3.07 bits per heavy atom. The molecule has 0 aliphatic carbocycles. The Kier molecular flexibility index (Phi) is 5.11. The predicted octanol–water partition coefficient (Wildman–Crippen LogP) is 0.399. The third-order valence-electron chi connectivity index (χ3n) is 2.35. The van der Waals surface area contributed by atoms with Gasteiger partial charge in [-0.1, -0.05) is 6.92 Å². The van der Waals surface area contributed by atoms with Crippen molar-refractivity contribution in [2.75, 3.05) is 25.9 Å². The van der Waals surface area contributed by atoms with Crippen LogP contribution >= 0.6 is 11.8 Å². The molecule has 2 atom stereocenters. The summed E-state index contributed by atoms with van der Waals surface area (Å²) >= 11 is 1.75. The van der Waals surface area contributed by atoms with Crippen LogP contribution in [0.5, 0.6) is 0 Å². The van der Waals surface area contributed by atoms with Crippen molar-refractivity contribution < 1.29 is 4.79 Å². The van der Waals surface area contributed by atoms with Gasteiger partial charge in [-0.05, 0) is 19.2 Å². The summed E-state index contributed by atoms with van der Waals surface area (Å²) in [7, 11) is 0. The highest BCUT2D eigenvalue weighted by Crippen LogP contribution is 2.02. The predicted molar refractivity (Wildman–Crippen MR) is 60.8 cm³/mol. The second-order valence-electron chi connectivity index (χ2n) is 3.59. The monoisotopic (exact) mass is 217 g/mol. The lowest BCUT2D eigenvalue weighted by molar-refractivity contribution is 0.238. The van der Waals surface area contributed by atoms with Gasteiger partial charge in [0, 0.05) is 24.4 Å². The van der Waals surface area contributed by atoms with Crippen LogP contribution in [0.1, 0.15) is 13.3 Å². The molecule has 2 amide bonds. The van der Waals surface area contributed by atoms with Crippen molar-refractivity contribution in [3.63, 3.8) is 0 Å². The summed E-state index contributed by atoms with van der Waals surface area (Å²) in [5.74, 6) is 0. The van der Waals surface area contributed by atoms with Crippen LogP contribution < -0.4 is 16.0 Å². The molecule has 2 unspecified atom stereocenters. The number of rotatable bonds is 4. The molecular formula is C9H19N3OS. The zero-order chi connectivity index (χ0) is 10.4. The van der Waals surface area contributed by atoms with Gasteiger partial charge in [0.25, 0.3) is 0 Å². The van der Waals surface area contributed by atoms with Gasteiger partial charge < -0.3 is 16.0 Å². The molecule has 0 aromatic rings. The smallest absolute Gasteiger partial charge is 0.315 e. The number of urea groups is 1. The minimum atomic E-state index is -0.0420. The molecule has 0 bridgehead atoms. The van der Waals surface area contributed by atoms with E-state index in [1.807, 2.05) is 6.26 Å². The first-order chi connectivity index (χ1) is 6.72. The maximum absolute atomic E-state index is 11.4. The van der Waals surface area contributed by atoms with E-state index in [1.165, 1.54) is 0 Å². The summed E-state index contributed by atoms with van der Waals surface area (Å²) < 4.78 is 0. The Labute approximate surface area is 89.6 Å². The zero-order valence-electron chi connectivity index (χ0n) is 8.80. The topological polar surface area (TPSA) is 53.2 Å². The van der Waals surface area contributed by atoms with Crippen LogP contribution in [0.25, 0.3) is 0 Å². The number of carbonyl (C=O) groups excluding carboxylic acids is 1. The van der Waals surface area contributed by atoms with Gasteiger partial charge in [0.05, 0.1) is 0 Å². The van der Waals surface area contributed by atoms with Crippen LogP contribution in [-0.2, 0) is 0 Å². The van der Waals surface area contributed by atoms with E-state index in [4.69, 9.17) is 0 Å². The van der Waals surface area contributed by atoms with Crippen LogP contribution in [0.2, 0.25) is 0 Å². The largest absolute Gasteiger partial charge is 0.337 e. The average molecular weight is 217 g/mol. The molecule has 0 aromatic heterocycles. The summed E-state index contributed by atoms with van der Waals surface area (Å²) in [6, 6.07) is 0.263. The lowest BCUT2D eigenvalue weighted by Gasteiger charge is -2.14. The molecule has 1 aliphatic heterocycles. The molecule has 0 saturated carbocycles. The van der Waals surface area contributed by atoms with Gasteiger partial charge in [-0.25, -0.2) is 4.79 Å². The molecule has 0 spiro atoms. The molecule has 3 N–H and O–H groups in total. The number of nitrogens with one attached hydrogen (secondary N) is 3. The molecule has 1 aliphatic rings. The molecule has 1 heterocycles. The summed E-state index contributed by atoms with van der Waals surface area (Å²) in [5, 5.41) is 9.48. The van der Waals surface area contributed by atoms with Crippen LogP contribution in [0, 0.1) is 0 Å². The van der Waals surface area contributed by atoms with E-state index in [0.717, 1.165) is 26.1 Å². The maximum atomic E-state index is 11.4. The summed E-state index contributed by atoms with van der Waals surface area (Å²) in [6.07, 6.45) is 3.08. The lowest BCUT2D eigenvalue weighted by Crippen LogP contribution is -2.44. The van der Waals surface area contributed by atoms with Gasteiger partial charge >= 0.3 is 6.03 Å². The Morgan fingerprint density at radius 2 is 2.50 bits per heavy atom. The van der Waals surface area contributed by atoms with Gasteiger partial charge in [0.15, 0.2) is 0 Å². The number of carbonyl (C=O) groups is 1. The van der Waals surface area contributed by atoms with Gasteiger partial charge in [-0.2, -0.15) is 11.8 Å². The molecule has 1 rings (SSSR count). The van der Waals surface area contributed by atoms with E-state index in [1.54, 1.807) is 11.8 Å². The van der Waals surface area contributed by atoms with Crippen LogP contribution in [0.3, 0.4) is 0 Å². The number of hydrogen-bond donors (Lipinski definition) is 3. The van der Waals surface area contributed by atoms with Gasteiger partial charge in [-0.3, -0.25) is 0 Å². The Hall–Kier alpha value is -0.420. The highest BCUT2D eigenvalue weighted by molar-refractivity contribution is 7.99. The van der Waals surface area contributed by atoms with Crippen molar-refractivity contribution in [2.24, 2.45) is 0 Å². The van der Waals surface area contributed by atoms with Crippen molar-refractivity contribution in [2.45, 2.75) is 24.6 Å². The molecular weight excluding hydrogens is 198 g/mol. The lowest BCUT2D eigenvalue weighted by atomic mass is 10.3. The fourth-order valence-electron chi connectivity index (χ4n) is 1.33. The van der Waals surface area contributed by atoms with E-state index >= 15 is 0 Å². The quantitative estimate of drug-likeness (QED) is 0.639. The fourth-order valence-corrected chi connectivity index (χ4v) is 1.58. The minimum absolute atomic E-state index is 0.0420. The second kappa shape index (κ2) is 6.14. The van der Waals surface area contributed by atoms with Gasteiger partial charge in [-0.15, -0.1) is 0 Å². The first kappa shape index (κ1) is 11.7. The summed E-state index contributed by atoms with van der Waals surface area (Å²) in [6.45, 7) is 4.73. The third kappa shape index (κ3) is 4.19. The van der Waals surface area contributed by atoms with E-state index < -0.39 is 0 Å². The Morgan fingerprint density at radius 1 is 1.71 bits per heavy atom. The van der Waals surface area contributed by atoms with Crippen molar-refractivity contribution >= 4 is 17.8 Å². The number of amides is 2. The highest BCUT2D eigenvalue weighted by Gasteiger charge is 2.16. The molecule has 1 saturated heterocycles. The van der Waals surface area contributed by atoms with Gasteiger partial charge in [0.2, 0.25) is 0 Å². The average Bonchev–Trinajstić information content (AvgIpc) is 2.66. The SMILES string of the molecule is CSC(C)CNC(=O)NC1CCNC1. The molecule has 82 valence electrons. The Bertz CT molecular complexity index is 183. The first-order valence-electron chi connectivity index (χ1n) is 5.00. The molecule has 5 heteroatoms. The molecule has 4 nitrogen and oxygen atoms in total. The van der Waals surface area contributed by atoms with Crippen molar-refractivity contribution in [1.82, 2.24) is 16.0 Å². The van der Waals surface area contributed by atoms with Gasteiger partial charge in [0.1, 0.15) is 0 Å². The highest BCUT2D eigenvalue weighted by atomic mass is 32.2. The van der Waals surface area contributed by atoms with Crippen LogP contribution in [0.4, 0.5) is 4.79 Å². The normalized spacial score (nSPS) is 23.1.